The normalized spacial score (nSPS) is 12.4. The van der Waals surface area contributed by atoms with Gasteiger partial charge in [-0.25, -0.2) is 4.39 Å². The van der Waals surface area contributed by atoms with Crippen LogP contribution in [0.15, 0.2) is 47.1 Å². The second-order valence-corrected chi connectivity index (χ2v) is 4.72. The topological polar surface area (TPSA) is 45.5 Å². The molecule has 1 amide bonds. The van der Waals surface area contributed by atoms with E-state index in [4.69, 9.17) is 4.42 Å². The van der Waals surface area contributed by atoms with Gasteiger partial charge in [0.1, 0.15) is 11.6 Å². The maximum atomic E-state index is 13.1. The third-order valence-electron chi connectivity index (χ3n) is 3.04. The Morgan fingerprint density at radius 3 is 2.75 bits per heavy atom. The van der Waals surface area contributed by atoms with Crippen LogP contribution >= 0.6 is 0 Å². The first-order valence-electron chi connectivity index (χ1n) is 6.31. The van der Waals surface area contributed by atoms with Gasteiger partial charge in [-0.05, 0) is 44.4 Å². The van der Waals surface area contributed by atoms with Crippen LogP contribution in [0.3, 0.4) is 0 Å². The van der Waals surface area contributed by atoms with Crippen LogP contribution in [-0.2, 0) is 0 Å². The molecule has 0 aliphatic carbocycles. The van der Waals surface area contributed by atoms with Gasteiger partial charge in [0.15, 0.2) is 0 Å². The summed E-state index contributed by atoms with van der Waals surface area (Å²) >= 11 is 0. The standard InChI is InChI=1S/C15H17FN2O2/c1-18(2)13(14-7-4-8-20-14)10-17-15(19)11-5-3-6-12(16)9-11/h3-9,13H,10H2,1-2H3,(H,17,19). The Hall–Kier alpha value is -2.14. The molecule has 20 heavy (non-hydrogen) atoms. The summed E-state index contributed by atoms with van der Waals surface area (Å²) in [5.74, 6) is 0.0466. The van der Waals surface area contributed by atoms with E-state index in [9.17, 15) is 9.18 Å². The van der Waals surface area contributed by atoms with Crippen LogP contribution in [0.5, 0.6) is 0 Å². The smallest absolute Gasteiger partial charge is 0.251 e. The quantitative estimate of drug-likeness (QED) is 0.912. The van der Waals surface area contributed by atoms with Gasteiger partial charge in [-0.3, -0.25) is 9.69 Å². The third-order valence-corrected chi connectivity index (χ3v) is 3.04. The third kappa shape index (κ3) is 3.45. The summed E-state index contributed by atoms with van der Waals surface area (Å²) in [4.78, 5) is 13.9. The average molecular weight is 276 g/mol. The van der Waals surface area contributed by atoms with Gasteiger partial charge in [-0.1, -0.05) is 6.07 Å². The number of benzene rings is 1. The first-order chi connectivity index (χ1) is 9.58. The second-order valence-electron chi connectivity index (χ2n) is 4.72. The van der Waals surface area contributed by atoms with Gasteiger partial charge in [0.25, 0.3) is 5.91 Å². The largest absolute Gasteiger partial charge is 0.468 e. The van der Waals surface area contributed by atoms with E-state index in [1.54, 1.807) is 18.4 Å². The predicted octanol–water partition coefficient (Wildman–Crippen LogP) is 2.45. The van der Waals surface area contributed by atoms with Crippen molar-refractivity contribution in [3.63, 3.8) is 0 Å². The number of rotatable bonds is 5. The van der Waals surface area contributed by atoms with Crippen molar-refractivity contribution in [2.75, 3.05) is 20.6 Å². The van der Waals surface area contributed by atoms with Crippen LogP contribution in [0.25, 0.3) is 0 Å². The highest BCUT2D eigenvalue weighted by molar-refractivity contribution is 5.94. The number of hydrogen-bond donors (Lipinski definition) is 1. The lowest BCUT2D eigenvalue weighted by Gasteiger charge is -2.22. The van der Waals surface area contributed by atoms with E-state index in [2.05, 4.69) is 5.32 Å². The Morgan fingerprint density at radius 2 is 2.15 bits per heavy atom. The van der Waals surface area contributed by atoms with Crippen molar-refractivity contribution in [3.05, 3.63) is 59.8 Å². The van der Waals surface area contributed by atoms with E-state index in [-0.39, 0.29) is 11.9 Å². The highest BCUT2D eigenvalue weighted by atomic mass is 19.1. The molecule has 1 N–H and O–H groups in total. The number of nitrogens with zero attached hydrogens (tertiary/aromatic N) is 1. The molecule has 0 saturated carbocycles. The van der Waals surface area contributed by atoms with Crippen LogP contribution in [-0.4, -0.2) is 31.4 Å². The number of likely N-dealkylation sites (N-methyl/N-ethyl adjacent to an activating group) is 1. The molecule has 0 spiro atoms. The van der Waals surface area contributed by atoms with Gasteiger partial charge in [0.05, 0.1) is 12.3 Å². The zero-order chi connectivity index (χ0) is 14.5. The minimum atomic E-state index is -0.423. The van der Waals surface area contributed by atoms with Gasteiger partial charge in [-0.2, -0.15) is 0 Å². The second kappa shape index (κ2) is 6.34. The number of carbonyl (C=O) groups excluding carboxylic acids is 1. The highest BCUT2D eigenvalue weighted by Crippen LogP contribution is 2.17. The van der Waals surface area contributed by atoms with Gasteiger partial charge in [0.2, 0.25) is 0 Å². The zero-order valence-electron chi connectivity index (χ0n) is 11.5. The maximum Gasteiger partial charge on any atom is 0.251 e. The molecule has 1 aromatic heterocycles. The van der Waals surface area contributed by atoms with Crippen molar-refractivity contribution >= 4 is 5.91 Å². The Kier molecular flexibility index (Phi) is 4.53. The first-order valence-corrected chi connectivity index (χ1v) is 6.31. The van der Waals surface area contributed by atoms with Gasteiger partial charge >= 0.3 is 0 Å². The number of carbonyl (C=O) groups is 1. The number of hydrogen-bond acceptors (Lipinski definition) is 3. The van der Waals surface area contributed by atoms with Crippen LogP contribution in [0, 0.1) is 5.82 Å². The van der Waals surface area contributed by atoms with Crippen LogP contribution < -0.4 is 5.32 Å². The molecule has 1 aromatic carbocycles. The van der Waals surface area contributed by atoms with Crippen LogP contribution in [0.2, 0.25) is 0 Å². The van der Waals surface area contributed by atoms with Crippen LogP contribution in [0.1, 0.15) is 22.2 Å². The summed E-state index contributed by atoms with van der Waals surface area (Å²) in [6, 6.07) is 9.22. The molecule has 0 saturated heterocycles. The summed E-state index contributed by atoms with van der Waals surface area (Å²) in [5.41, 5.74) is 0.307. The maximum absolute atomic E-state index is 13.1. The van der Waals surface area contributed by atoms with E-state index in [0.29, 0.717) is 12.1 Å². The lowest BCUT2D eigenvalue weighted by molar-refractivity contribution is 0.0938. The van der Waals surface area contributed by atoms with Crippen LogP contribution in [0.4, 0.5) is 4.39 Å². The zero-order valence-corrected chi connectivity index (χ0v) is 11.5. The fraction of sp³-hybridized carbons (Fsp3) is 0.267. The van der Waals surface area contributed by atoms with Crippen molar-refractivity contribution in [1.29, 1.82) is 0 Å². The predicted molar refractivity (Wildman–Crippen MR) is 73.9 cm³/mol. The Labute approximate surface area is 117 Å². The van der Waals surface area contributed by atoms with E-state index in [0.717, 1.165) is 5.76 Å². The highest BCUT2D eigenvalue weighted by Gasteiger charge is 2.18. The lowest BCUT2D eigenvalue weighted by Crippen LogP contribution is -2.34. The fourth-order valence-electron chi connectivity index (χ4n) is 1.94. The summed E-state index contributed by atoms with van der Waals surface area (Å²) in [6.45, 7) is 0.385. The van der Waals surface area contributed by atoms with Crippen molar-refractivity contribution in [3.8, 4) is 0 Å². The molecule has 2 aromatic rings. The Balaban J connectivity index is 2.01. The Bertz CT molecular complexity index is 567. The molecule has 4 nitrogen and oxygen atoms in total. The molecule has 2 rings (SSSR count). The van der Waals surface area contributed by atoms with Gasteiger partial charge < -0.3 is 9.73 Å². The van der Waals surface area contributed by atoms with Crippen molar-refractivity contribution in [2.45, 2.75) is 6.04 Å². The first kappa shape index (κ1) is 14.3. The number of amides is 1. The molecule has 1 heterocycles. The van der Waals surface area contributed by atoms with E-state index >= 15 is 0 Å². The Morgan fingerprint density at radius 1 is 1.35 bits per heavy atom. The van der Waals surface area contributed by atoms with Gasteiger partial charge in [0, 0.05) is 12.1 Å². The van der Waals surface area contributed by atoms with Gasteiger partial charge in [-0.15, -0.1) is 0 Å². The molecule has 0 aliphatic rings. The molecule has 1 atom stereocenters. The molecule has 1 unspecified atom stereocenters. The SMILES string of the molecule is CN(C)C(CNC(=O)c1cccc(F)c1)c1ccco1. The summed E-state index contributed by atoms with van der Waals surface area (Å²) in [5, 5.41) is 2.79. The molecule has 0 radical (unpaired) electrons. The van der Waals surface area contributed by atoms with Crippen molar-refractivity contribution in [1.82, 2.24) is 10.2 Å². The number of furan rings is 1. The van der Waals surface area contributed by atoms with Crippen molar-refractivity contribution in [2.24, 2.45) is 0 Å². The molecular formula is C15H17FN2O2. The molecule has 0 aliphatic heterocycles. The molecule has 0 fully saturated rings. The minimum absolute atomic E-state index is 0.0671. The molecule has 5 heteroatoms. The van der Waals surface area contributed by atoms with E-state index in [1.165, 1.54) is 18.2 Å². The lowest BCUT2D eigenvalue weighted by atomic mass is 10.1. The minimum Gasteiger partial charge on any atom is -0.468 e. The average Bonchev–Trinajstić information content (AvgIpc) is 2.92. The monoisotopic (exact) mass is 276 g/mol. The fourth-order valence-corrected chi connectivity index (χ4v) is 1.94. The number of nitrogens with one attached hydrogen (secondary N) is 1. The van der Waals surface area contributed by atoms with E-state index < -0.39 is 5.82 Å². The summed E-state index contributed by atoms with van der Waals surface area (Å²) in [7, 11) is 3.81. The summed E-state index contributed by atoms with van der Waals surface area (Å²) < 4.78 is 18.4. The van der Waals surface area contributed by atoms with E-state index in [1.807, 2.05) is 25.1 Å². The van der Waals surface area contributed by atoms with Crippen molar-refractivity contribution < 1.29 is 13.6 Å². The molecule has 106 valence electrons. The molecule has 0 bridgehead atoms. The molecular weight excluding hydrogens is 259 g/mol. The number of halogens is 1. The summed E-state index contributed by atoms with van der Waals surface area (Å²) in [6.07, 6.45) is 1.60.